The van der Waals surface area contributed by atoms with E-state index in [1.165, 1.54) is 18.9 Å². The molecule has 1 aromatic carbocycles. The monoisotopic (exact) mass is 370 g/mol. The predicted molar refractivity (Wildman–Crippen MR) is 100 cm³/mol. The maximum Gasteiger partial charge on any atom is 0.320 e. The van der Waals surface area contributed by atoms with Crippen LogP contribution in [0.4, 0.5) is 9.18 Å². The van der Waals surface area contributed by atoms with Gasteiger partial charge in [-0.05, 0) is 63.4 Å². The zero-order valence-electron chi connectivity index (χ0n) is 16.1. The van der Waals surface area contributed by atoms with Crippen molar-refractivity contribution in [3.8, 4) is 6.07 Å². The van der Waals surface area contributed by atoms with Crippen LogP contribution in [0.25, 0.3) is 0 Å². The lowest BCUT2D eigenvalue weighted by molar-refractivity contribution is -0.0709. The van der Waals surface area contributed by atoms with Crippen LogP contribution in [0.5, 0.6) is 0 Å². The Morgan fingerprint density at radius 3 is 2.67 bits per heavy atom. The number of carbonyl (C=O) groups is 1. The van der Waals surface area contributed by atoms with Crippen LogP contribution in [-0.2, 0) is 5.54 Å². The second kappa shape index (κ2) is 6.49. The summed E-state index contributed by atoms with van der Waals surface area (Å²) in [6.07, 6.45) is 4.36. The highest BCUT2D eigenvalue weighted by Crippen LogP contribution is 2.57. The number of rotatable bonds is 6. The average Bonchev–Trinajstić information content (AvgIpc) is 3.37. The van der Waals surface area contributed by atoms with Gasteiger partial charge >= 0.3 is 6.03 Å². The summed E-state index contributed by atoms with van der Waals surface area (Å²) >= 11 is 0. The molecule has 144 valence electrons. The van der Waals surface area contributed by atoms with E-state index in [9.17, 15) is 9.18 Å². The van der Waals surface area contributed by atoms with Gasteiger partial charge in [0, 0.05) is 19.6 Å². The van der Waals surface area contributed by atoms with Gasteiger partial charge in [0.1, 0.15) is 5.82 Å². The van der Waals surface area contributed by atoms with Gasteiger partial charge in [-0.25, -0.2) is 9.18 Å². The van der Waals surface area contributed by atoms with Gasteiger partial charge in [-0.15, -0.1) is 0 Å². The highest BCUT2D eigenvalue weighted by Gasteiger charge is 2.64. The second-order valence-corrected chi connectivity index (χ2v) is 8.68. The number of halogens is 1. The summed E-state index contributed by atoms with van der Waals surface area (Å²) < 4.78 is 13.9. The minimum Gasteiger partial charge on any atom is -0.321 e. The topological polar surface area (TPSA) is 50.6 Å². The maximum absolute atomic E-state index is 13.9. The minimum absolute atomic E-state index is 0.0729. The van der Waals surface area contributed by atoms with Gasteiger partial charge in [0.25, 0.3) is 0 Å². The summed E-state index contributed by atoms with van der Waals surface area (Å²) in [6.45, 7) is 1.98. The van der Waals surface area contributed by atoms with Crippen LogP contribution in [0.2, 0.25) is 0 Å². The molecule has 4 rings (SSSR count). The minimum atomic E-state index is -0.255. The first-order chi connectivity index (χ1) is 12.9. The molecule has 2 aliphatic carbocycles. The number of urea groups is 1. The van der Waals surface area contributed by atoms with E-state index in [1.807, 2.05) is 25.1 Å². The molecule has 1 saturated heterocycles. The van der Waals surface area contributed by atoms with E-state index in [4.69, 9.17) is 5.26 Å². The number of benzene rings is 1. The summed E-state index contributed by atoms with van der Waals surface area (Å²) in [4.78, 5) is 19.1. The zero-order chi connectivity index (χ0) is 19.2. The molecule has 3 fully saturated rings. The molecule has 3 aliphatic rings. The fraction of sp³-hybridized carbons (Fsp3) is 0.619. The van der Waals surface area contributed by atoms with E-state index in [1.54, 1.807) is 12.1 Å². The van der Waals surface area contributed by atoms with Gasteiger partial charge in [-0.2, -0.15) is 5.26 Å². The van der Waals surface area contributed by atoms with E-state index in [2.05, 4.69) is 15.9 Å². The molecule has 1 spiro atoms. The summed E-state index contributed by atoms with van der Waals surface area (Å²) in [6, 6.07) is 9.08. The Bertz CT molecular complexity index is 777. The Kier molecular flexibility index (Phi) is 4.38. The van der Waals surface area contributed by atoms with Crippen LogP contribution in [0, 0.1) is 23.1 Å². The Morgan fingerprint density at radius 2 is 2.07 bits per heavy atom. The lowest BCUT2D eigenvalue weighted by atomic mass is 9.58. The highest BCUT2D eigenvalue weighted by atomic mass is 19.1. The third-order valence-electron chi connectivity index (χ3n) is 6.65. The van der Waals surface area contributed by atoms with Gasteiger partial charge in [0.05, 0.1) is 23.6 Å². The third-order valence-corrected chi connectivity index (χ3v) is 6.65. The van der Waals surface area contributed by atoms with E-state index >= 15 is 0 Å². The lowest BCUT2D eigenvalue weighted by Gasteiger charge is -2.60. The van der Waals surface area contributed by atoms with Crippen LogP contribution in [0.1, 0.15) is 37.7 Å². The molecule has 2 amide bonds. The molecule has 0 radical (unpaired) electrons. The SMILES string of the molecule is CN(C)[C@]1(c2cccc(F)c2)C[C@@]2(CN(CCC#N)C(=O)N2CC2CC2)C1. The molecule has 0 atom stereocenters. The number of hydrogen-bond acceptors (Lipinski definition) is 3. The number of carbonyl (C=O) groups excluding carboxylic acids is 1. The number of amides is 2. The molecule has 1 heterocycles. The van der Waals surface area contributed by atoms with Crippen molar-refractivity contribution in [1.82, 2.24) is 14.7 Å². The van der Waals surface area contributed by atoms with Crippen LogP contribution >= 0.6 is 0 Å². The lowest BCUT2D eigenvalue weighted by Crippen LogP contribution is -2.67. The van der Waals surface area contributed by atoms with Crippen molar-refractivity contribution in [3.05, 3.63) is 35.6 Å². The number of nitriles is 1. The third kappa shape index (κ3) is 2.98. The summed E-state index contributed by atoms with van der Waals surface area (Å²) in [5, 5.41) is 8.92. The van der Waals surface area contributed by atoms with Crippen molar-refractivity contribution < 1.29 is 9.18 Å². The van der Waals surface area contributed by atoms with Crippen molar-refractivity contribution in [1.29, 1.82) is 5.26 Å². The van der Waals surface area contributed by atoms with Gasteiger partial charge in [-0.1, -0.05) is 12.1 Å². The fourth-order valence-corrected chi connectivity index (χ4v) is 4.97. The molecule has 1 aromatic rings. The van der Waals surface area contributed by atoms with Crippen LogP contribution in [0.3, 0.4) is 0 Å². The van der Waals surface area contributed by atoms with Crippen molar-refractivity contribution in [3.63, 3.8) is 0 Å². The quantitative estimate of drug-likeness (QED) is 0.773. The van der Waals surface area contributed by atoms with E-state index in [0.717, 1.165) is 24.9 Å². The average molecular weight is 370 g/mol. The molecule has 1 aliphatic heterocycles. The van der Waals surface area contributed by atoms with Crippen molar-refractivity contribution in [2.75, 3.05) is 33.7 Å². The van der Waals surface area contributed by atoms with E-state index < -0.39 is 0 Å². The maximum atomic E-state index is 13.9. The van der Waals surface area contributed by atoms with E-state index in [-0.39, 0.29) is 22.9 Å². The molecule has 0 N–H and O–H groups in total. The Balaban J connectivity index is 1.62. The molecule has 6 heteroatoms. The first-order valence-electron chi connectivity index (χ1n) is 9.77. The highest BCUT2D eigenvalue weighted by molar-refractivity contribution is 5.79. The molecule has 0 aromatic heterocycles. The van der Waals surface area contributed by atoms with E-state index in [0.29, 0.717) is 25.4 Å². The van der Waals surface area contributed by atoms with Crippen LogP contribution < -0.4 is 0 Å². The fourth-order valence-electron chi connectivity index (χ4n) is 4.97. The Hall–Kier alpha value is -2.13. The zero-order valence-corrected chi connectivity index (χ0v) is 16.1. The molecular weight excluding hydrogens is 343 g/mol. The predicted octanol–water partition coefficient (Wildman–Crippen LogP) is 3.18. The molecule has 0 bridgehead atoms. The largest absolute Gasteiger partial charge is 0.321 e. The van der Waals surface area contributed by atoms with Gasteiger partial charge in [0.15, 0.2) is 0 Å². The molecule has 0 unspecified atom stereocenters. The summed E-state index contributed by atoms with van der Waals surface area (Å²) in [7, 11) is 4.07. The van der Waals surface area contributed by atoms with Gasteiger partial charge in [0.2, 0.25) is 0 Å². The standard InChI is InChI=1S/C21H27FN4O/c1-24(2)21(17-5-3-6-18(22)11-17)13-20(14-21)15-25(10-4-9-23)19(27)26(20)12-16-7-8-16/h3,5-6,11,16H,4,7-8,10,12-15H2,1-2H3/t20-,21+. The summed E-state index contributed by atoms with van der Waals surface area (Å²) in [5.74, 6) is 0.396. The van der Waals surface area contributed by atoms with Crippen molar-refractivity contribution >= 4 is 6.03 Å². The Morgan fingerprint density at radius 1 is 1.33 bits per heavy atom. The molecule has 2 saturated carbocycles. The molecular formula is C21H27FN4O. The second-order valence-electron chi connectivity index (χ2n) is 8.68. The Labute approximate surface area is 160 Å². The van der Waals surface area contributed by atoms with Crippen LogP contribution in [0.15, 0.2) is 24.3 Å². The number of hydrogen-bond donors (Lipinski definition) is 0. The summed E-state index contributed by atoms with van der Waals surface area (Å²) in [5.41, 5.74) is 0.522. The van der Waals surface area contributed by atoms with Gasteiger partial charge in [-0.3, -0.25) is 4.90 Å². The van der Waals surface area contributed by atoms with Crippen molar-refractivity contribution in [2.24, 2.45) is 5.92 Å². The van der Waals surface area contributed by atoms with Crippen molar-refractivity contribution in [2.45, 2.75) is 43.2 Å². The first kappa shape index (κ1) is 18.2. The number of nitrogens with zero attached hydrogens (tertiary/aromatic N) is 4. The smallest absolute Gasteiger partial charge is 0.320 e. The van der Waals surface area contributed by atoms with Gasteiger partial charge < -0.3 is 9.80 Å². The molecule has 5 nitrogen and oxygen atoms in total. The first-order valence-corrected chi connectivity index (χ1v) is 9.77. The van der Waals surface area contributed by atoms with Crippen LogP contribution in [-0.4, -0.2) is 60.0 Å². The molecule has 27 heavy (non-hydrogen) atoms. The normalized spacial score (nSPS) is 30.1.